The molecule has 4 heteroatoms. The predicted molar refractivity (Wildman–Crippen MR) is 53.3 cm³/mol. The Labute approximate surface area is 80.1 Å². The first kappa shape index (κ1) is 14.6. The minimum atomic E-state index is -0.220. The Balaban J connectivity index is 0. The molecule has 0 fully saturated rings. The maximum Gasteiger partial charge on any atom is 0.226 e. The van der Waals surface area contributed by atoms with Crippen LogP contribution in [0.15, 0.2) is 0 Å². The molecular formula is C9H20N2O2. The van der Waals surface area contributed by atoms with Gasteiger partial charge in [-0.25, -0.2) is 0 Å². The number of hydrogen-bond donors (Lipinski definition) is 2. The highest BCUT2D eigenvalue weighted by Crippen LogP contribution is 1.94. The van der Waals surface area contributed by atoms with E-state index in [9.17, 15) is 9.59 Å². The van der Waals surface area contributed by atoms with Gasteiger partial charge in [0, 0.05) is 12.5 Å². The Morgan fingerprint density at radius 1 is 1.46 bits per heavy atom. The van der Waals surface area contributed by atoms with Crippen molar-refractivity contribution in [1.82, 2.24) is 10.6 Å². The van der Waals surface area contributed by atoms with Crippen LogP contribution in [0.25, 0.3) is 0 Å². The van der Waals surface area contributed by atoms with Gasteiger partial charge in [-0.05, 0) is 20.4 Å². The van der Waals surface area contributed by atoms with Gasteiger partial charge in [0.1, 0.15) is 0 Å². The van der Waals surface area contributed by atoms with E-state index >= 15 is 0 Å². The van der Waals surface area contributed by atoms with Gasteiger partial charge < -0.3 is 5.32 Å². The molecule has 0 aromatic heterocycles. The maximum atomic E-state index is 10.7. The van der Waals surface area contributed by atoms with Gasteiger partial charge in [0.2, 0.25) is 12.3 Å². The number of imide groups is 1. The SMILES string of the molecule is CC.CNC(C)CCC(=O)NC=O. The van der Waals surface area contributed by atoms with Crippen molar-refractivity contribution < 1.29 is 9.59 Å². The zero-order chi connectivity index (χ0) is 10.7. The molecule has 0 rings (SSSR count). The molecule has 0 aliphatic rings. The van der Waals surface area contributed by atoms with Crippen molar-refractivity contribution in [2.75, 3.05) is 7.05 Å². The lowest BCUT2D eigenvalue weighted by Gasteiger charge is -2.07. The van der Waals surface area contributed by atoms with Crippen LogP contribution in [0, 0.1) is 0 Å². The fourth-order valence-corrected chi connectivity index (χ4v) is 0.630. The molecule has 0 radical (unpaired) electrons. The van der Waals surface area contributed by atoms with Gasteiger partial charge in [-0.3, -0.25) is 14.9 Å². The van der Waals surface area contributed by atoms with Crippen LogP contribution in [0.2, 0.25) is 0 Å². The summed E-state index contributed by atoms with van der Waals surface area (Å²) in [6, 6.07) is 0.312. The summed E-state index contributed by atoms with van der Waals surface area (Å²) < 4.78 is 0. The third kappa shape index (κ3) is 11.1. The van der Waals surface area contributed by atoms with Gasteiger partial charge in [-0.2, -0.15) is 0 Å². The van der Waals surface area contributed by atoms with Crippen LogP contribution in [-0.4, -0.2) is 25.4 Å². The van der Waals surface area contributed by atoms with Crippen molar-refractivity contribution >= 4 is 12.3 Å². The molecule has 0 saturated heterocycles. The lowest BCUT2D eigenvalue weighted by molar-refractivity contribution is -0.125. The van der Waals surface area contributed by atoms with Crippen molar-refractivity contribution in [3.63, 3.8) is 0 Å². The molecule has 0 aromatic rings. The first-order chi connectivity index (χ1) is 6.20. The number of amides is 2. The molecule has 0 spiro atoms. The largest absolute Gasteiger partial charge is 0.317 e. The molecule has 78 valence electrons. The zero-order valence-corrected chi connectivity index (χ0v) is 8.89. The van der Waals surface area contributed by atoms with E-state index in [-0.39, 0.29) is 5.91 Å². The normalized spacial score (nSPS) is 10.8. The molecule has 0 aromatic carbocycles. The molecule has 0 aliphatic carbocycles. The summed E-state index contributed by atoms with van der Waals surface area (Å²) >= 11 is 0. The third-order valence-corrected chi connectivity index (χ3v) is 1.52. The highest BCUT2D eigenvalue weighted by Gasteiger charge is 2.02. The third-order valence-electron chi connectivity index (χ3n) is 1.52. The van der Waals surface area contributed by atoms with Crippen LogP contribution >= 0.6 is 0 Å². The highest BCUT2D eigenvalue weighted by atomic mass is 16.2. The fourth-order valence-electron chi connectivity index (χ4n) is 0.630. The summed E-state index contributed by atoms with van der Waals surface area (Å²) in [5.41, 5.74) is 0. The van der Waals surface area contributed by atoms with E-state index in [1.54, 1.807) is 0 Å². The average molecular weight is 188 g/mol. The van der Waals surface area contributed by atoms with Gasteiger partial charge in [0.05, 0.1) is 0 Å². The Morgan fingerprint density at radius 3 is 2.38 bits per heavy atom. The number of carbonyl (C=O) groups is 2. The van der Waals surface area contributed by atoms with Gasteiger partial charge in [0.25, 0.3) is 0 Å². The van der Waals surface area contributed by atoms with Gasteiger partial charge in [-0.1, -0.05) is 13.8 Å². The van der Waals surface area contributed by atoms with Crippen LogP contribution in [0.1, 0.15) is 33.6 Å². The van der Waals surface area contributed by atoms with E-state index in [0.29, 0.717) is 18.9 Å². The number of hydrogen-bond acceptors (Lipinski definition) is 3. The molecule has 0 bridgehead atoms. The van der Waals surface area contributed by atoms with Gasteiger partial charge in [-0.15, -0.1) is 0 Å². The number of rotatable bonds is 5. The van der Waals surface area contributed by atoms with Crippen molar-refractivity contribution in [2.45, 2.75) is 39.7 Å². The second-order valence-electron chi connectivity index (χ2n) is 2.41. The number of nitrogens with one attached hydrogen (secondary N) is 2. The Morgan fingerprint density at radius 2 is 2.00 bits per heavy atom. The zero-order valence-electron chi connectivity index (χ0n) is 8.89. The topological polar surface area (TPSA) is 58.2 Å². The van der Waals surface area contributed by atoms with Crippen LogP contribution in [0.4, 0.5) is 0 Å². The minimum Gasteiger partial charge on any atom is -0.317 e. The summed E-state index contributed by atoms with van der Waals surface area (Å²) in [6.45, 7) is 5.98. The summed E-state index contributed by atoms with van der Waals surface area (Å²) in [7, 11) is 1.84. The maximum absolute atomic E-state index is 10.7. The minimum absolute atomic E-state index is 0.220. The number of carbonyl (C=O) groups excluding carboxylic acids is 2. The van der Waals surface area contributed by atoms with Crippen molar-refractivity contribution in [2.24, 2.45) is 0 Å². The van der Waals surface area contributed by atoms with Gasteiger partial charge >= 0.3 is 0 Å². The summed E-state index contributed by atoms with van der Waals surface area (Å²) in [6.07, 6.45) is 1.54. The molecule has 1 unspecified atom stereocenters. The first-order valence-corrected chi connectivity index (χ1v) is 4.61. The van der Waals surface area contributed by atoms with Crippen LogP contribution < -0.4 is 10.6 Å². The standard InChI is InChI=1S/C7H14N2O2.C2H6/c1-6(8-2)3-4-7(11)9-5-10;1-2/h5-6,8H,3-4H2,1-2H3,(H,9,10,11);1-2H3. The molecule has 2 N–H and O–H groups in total. The van der Waals surface area contributed by atoms with Crippen LogP contribution in [0.5, 0.6) is 0 Å². The molecular weight excluding hydrogens is 168 g/mol. The van der Waals surface area contributed by atoms with Crippen molar-refractivity contribution in [3.05, 3.63) is 0 Å². The van der Waals surface area contributed by atoms with E-state index in [1.165, 1.54) is 0 Å². The van der Waals surface area contributed by atoms with Crippen molar-refractivity contribution in [3.8, 4) is 0 Å². The fraction of sp³-hybridized carbons (Fsp3) is 0.778. The molecule has 1 atom stereocenters. The van der Waals surface area contributed by atoms with E-state index in [4.69, 9.17) is 0 Å². The second-order valence-corrected chi connectivity index (χ2v) is 2.41. The lowest BCUT2D eigenvalue weighted by atomic mass is 10.2. The predicted octanol–water partition coefficient (Wildman–Crippen LogP) is 0.673. The van der Waals surface area contributed by atoms with Gasteiger partial charge in [0.15, 0.2) is 0 Å². The Kier molecular flexibility index (Phi) is 12.5. The Hall–Kier alpha value is -0.900. The lowest BCUT2D eigenvalue weighted by Crippen LogP contribution is -2.26. The van der Waals surface area contributed by atoms with E-state index in [1.807, 2.05) is 27.8 Å². The van der Waals surface area contributed by atoms with E-state index in [2.05, 4.69) is 10.6 Å². The van der Waals surface area contributed by atoms with Crippen molar-refractivity contribution in [1.29, 1.82) is 0 Å². The molecule has 2 amide bonds. The van der Waals surface area contributed by atoms with E-state index < -0.39 is 0 Å². The molecule has 0 heterocycles. The summed E-state index contributed by atoms with van der Waals surface area (Å²) in [5.74, 6) is -0.220. The monoisotopic (exact) mass is 188 g/mol. The molecule has 13 heavy (non-hydrogen) atoms. The average Bonchev–Trinajstić information content (AvgIpc) is 2.18. The van der Waals surface area contributed by atoms with Crippen LogP contribution in [0.3, 0.4) is 0 Å². The smallest absolute Gasteiger partial charge is 0.226 e. The quantitative estimate of drug-likeness (QED) is 0.624. The second kappa shape index (κ2) is 11.1. The molecule has 0 aliphatic heterocycles. The first-order valence-electron chi connectivity index (χ1n) is 4.61. The van der Waals surface area contributed by atoms with Crippen LogP contribution in [-0.2, 0) is 9.59 Å². The summed E-state index contributed by atoms with van der Waals surface area (Å²) in [4.78, 5) is 20.5. The van der Waals surface area contributed by atoms with E-state index in [0.717, 1.165) is 6.42 Å². The summed E-state index contributed by atoms with van der Waals surface area (Å²) in [5, 5.41) is 5.07. The molecule has 4 nitrogen and oxygen atoms in total. The Bertz CT molecular complexity index is 138. The highest BCUT2D eigenvalue weighted by molar-refractivity contribution is 5.85. The molecule has 0 saturated carbocycles.